The average Bonchev–Trinajstić information content (AvgIpc) is 2.93. The van der Waals surface area contributed by atoms with Gasteiger partial charge in [0.1, 0.15) is 5.82 Å². The second-order valence-corrected chi connectivity index (χ2v) is 10.7. The third kappa shape index (κ3) is 8.72. The highest BCUT2D eigenvalue weighted by Gasteiger charge is 2.37. The summed E-state index contributed by atoms with van der Waals surface area (Å²) in [4.78, 5) is 33.6. The van der Waals surface area contributed by atoms with Crippen molar-refractivity contribution >= 4 is 23.5 Å². The van der Waals surface area contributed by atoms with E-state index in [1.54, 1.807) is 43.1 Å². The fourth-order valence-electron chi connectivity index (χ4n) is 5.36. The van der Waals surface area contributed by atoms with Crippen molar-refractivity contribution < 1.29 is 22.8 Å². The summed E-state index contributed by atoms with van der Waals surface area (Å²) in [6, 6.07) is 6.15. The van der Waals surface area contributed by atoms with Crippen LogP contribution < -0.4 is 21.7 Å². The molecule has 2 amide bonds. The first-order valence-corrected chi connectivity index (χ1v) is 14.1. The van der Waals surface area contributed by atoms with Crippen molar-refractivity contribution in [2.45, 2.75) is 63.7 Å². The van der Waals surface area contributed by atoms with Crippen molar-refractivity contribution in [3.63, 3.8) is 0 Å². The number of piperidine rings is 1. The van der Waals surface area contributed by atoms with E-state index in [2.05, 4.69) is 39.5 Å². The third-order valence-corrected chi connectivity index (χ3v) is 7.73. The van der Waals surface area contributed by atoms with Crippen LogP contribution in [0.4, 0.5) is 18.9 Å². The monoisotopic (exact) mass is 577 g/mol. The quantitative estimate of drug-likeness (QED) is 0.202. The van der Waals surface area contributed by atoms with Gasteiger partial charge in [-0.3, -0.25) is 9.59 Å². The standard InChI is InChI=1S/C29H42F3N7O2/c1-5-23(29(30,31)32)25(36-24-10-8-7-9-22(24)26(40)34-6-2)37-28(33)35-20-13-11-19(12-14-20)27(41)39(4)21-15-17-38(3)18-16-21/h5,11-14,21-22,24,36H,1,6-10,15-18H2,2-4H3,(H,34,40)(H3,33,35,37)/b25-23+/t22-,24?/m0/s1. The number of amides is 2. The minimum Gasteiger partial charge on any atom is -0.369 e. The highest BCUT2D eigenvalue weighted by Crippen LogP contribution is 2.31. The molecule has 1 aromatic carbocycles. The first-order chi connectivity index (χ1) is 19.4. The van der Waals surface area contributed by atoms with Crippen LogP contribution in [-0.4, -0.2) is 79.6 Å². The van der Waals surface area contributed by atoms with Gasteiger partial charge < -0.3 is 31.5 Å². The van der Waals surface area contributed by atoms with E-state index in [9.17, 15) is 22.8 Å². The number of aliphatic imine (C=N–C) groups is 1. The number of nitrogens with one attached hydrogen (secondary N) is 3. The summed E-state index contributed by atoms with van der Waals surface area (Å²) in [6.45, 7) is 7.42. The van der Waals surface area contributed by atoms with Crippen molar-refractivity contribution in [1.29, 1.82) is 0 Å². The lowest BCUT2D eigenvalue weighted by Crippen LogP contribution is -2.46. The van der Waals surface area contributed by atoms with Crippen molar-refractivity contribution in [2.75, 3.05) is 39.0 Å². The molecule has 9 nitrogen and oxygen atoms in total. The van der Waals surface area contributed by atoms with E-state index in [1.165, 1.54) is 0 Å². The molecule has 1 saturated heterocycles. The van der Waals surface area contributed by atoms with Crippen LogP contribution in [0.2, 0.25) is 0 Å². The number of alkyl halides is 3. The highest BCUT2D eigenvalue weighted by atomic mass is 19.4. The van der Waals surface area contributed by atoms with Crippen molar-refractivity contribution in [3.05, 3.63) is 53.9 Å². The van der Waals surface area contributed by atoms with Gasteiger partial charge >= 0.3 is 6.18 Å². The van der Waals surface area contributed by atoms with Crippen LogP contribution in [0.1, 0.15) is 55.8 Å². The van der Waals surface area contributed by atoms with Gasteiger partial charge in [0.15, 0.2) is 5.96 Å². The van der Waals surface area contributed by atoms with Crippen LogP contribution >= 0.6 is 0 Å². The smallest absolute Gasteiger partial charge is 0.369 e. The number of benzene rings is 1. The highest BCUT2D eigenvalue weighted by molar-refractivity contribution is 5.96. The Hall–Kier alpha value is -3.54. The molecule has 1 unspecified atom stereocenters. The molecular formula is C29H42F3N7O2. The molecule has 0 bridgehead atoms. The molecule has 5 N–H and O–H groups in total. The molecule has 226 valence electrons. The van der Waals surface area contributed by atoms with E-state index in [0.29, 0.717) is 36.7 Å². The summed E-state index contributed by atoms with van der Waals surface area (Å²) in [7, 11) is 3.87. The summed E-state index contributed by atoms with van der Waals surface area (Å²) in [6.07, 6.45) is 0.405. The van der Waals surface area contributed by atoms with Crippen LogP contribution in [0.15, 0.2) is 53.3 Å². The number of hydrogen-bond acceptors (Lipinski definition) is 5. The first kappa shape index (κ1) is 32.0. The number of likely N-dealkylation sites (tertiary alicyclic amines) is 1. The lowest BCUT2D eigenvalue weighted by molar-refractivity contribution is -0.126. The Labute approximate surface area is 240 Å². The Morgan fingerprint density at radius 1 is 1.15 bits per heavy atom. The van der Waals surface area contributed by atoms with E-state index in [-0.39, 0.29) is 23.8 Å². The minimum atomic E-state index is -4.74. The molecule has 3 rings (SSSR count). The summed E-state index contributed by atoms with van der Waals surface area (Å²) >= 11 is 0. The Morgan fingerprint density at radius 2 is 1.78 bits per heavy atom. The molecule has 1 heterocycles. The van der Waals surface area contributed by atoms with Crippen LogP contribution in [0, 0.1) is 5.92 Å². The van der Waals surface area contributed by atoms with Crippen LogP contribution in [0.25, 0.3) is 0 Å². The molecule has 2 fully saturated rings. The Bertz CT molecular complexity index is 1130. The maximum Gasteiger partial charge on any atom is 0.419 e. The van der Waals surface area contributed by atoms with Gasteiger partial charge in [-0.25, -0.2) is 0 Å². The molecule has 0 aromatic heterocycles. The maximum absolute atomic E-state index is 13.9. The number of hydrogen-bond donors (Lipinski definition) is 4. The second-order valence-electron chi connectivity index (χ2n) is 10.7. The summed E-state index contributed by atoms with van der Waals surface area (Å²) in [5.41, 5.74) is 5.91. The van der Waals surface area contributed by atoms with E-state index < -0.39 is 29.5 Å². The van der Waals surface area contributed by atoms with E-state index in [0.717, 1.165) is 38.8 Å². The predicted octanol–water partition coefficient (Wildman–Crippen LogP) is 3.82. The third-order valence-electron chi connectivity index (χ3n) is 7.73. The zero-order chi connectivity index (χ0) is 30.2. The van der Waals surface area contributed by atoms with Crippen LogP contribution in [0.3, 0.4) is 0 Å². The SMILES string of the molecule is C=C/C(=C(\N=C(N)Nc1ccc(C(=O)N(C)C2CCN(C)CC2)cc1)NC1CCCC[C@@H]1C(=O)NCC)C(F)(F)F. The van der Waals surface area contributed by atoms with Crippen LogP contribution in [-0.2, 0) is 4.79 Å². The summed E-state index contributed by atoms with van der Waals surface area (Å²) in [5, 5.41) is 8.42. The lowest BCUT2D eigenvalue weighted by atomic mass is 9.83. The maximum atomic E-state index is 13.9. The second kappa shape index (κ2) is 14.4. The zero-order valence-corrected chi connectivity index (χ0v) is 24.1. The van der Waals surface area contributed by atoms with Gasteiger partial charge in [-0.1, -0.05) is 25.5 Å². The largest absolute Gasteiger partial charge is 0.419 e. The average molecular weight is 578 g/mol. The van der Waals surface area contributed by atoms with Gasteiger partial charge in [0.05, 0.1) is 11.5 Å². The Kier molecular flexibility index (Phi) is 11.2. The Balaban J connectivity index is 1.77. The number of carbonyl (C=O) groups is 2. The molecule has 1 aliphatic heterocycles. The number of guanidine groups is 1. The van der Waals surface area contributed by atoms with Gasteiger partial charge in [-0.2, -0.15) is 18.2 Å². The molecular weight excluding hydrogens is 535 g/mol. The lowest BCUT2D eigenvalue weighted by Gasteiger charge is -2.35. The van der Waals surface area contributed by atoms with E-state index in [4.69, 9.17) is 5.73 Å². The topological polar surface area (TPSA) is 115 Å². The summed E-state index contributed by atoms with van der Waals surface area (Å²) in [5.74, 6) is -1.60. The van der Waals surface area contributed by atoms with Gasteiger partial charge in [-0.15, -0.1) is 0 Å². The zero-order valence-electron chi connectivity index (χ0n) is 24.1. The number of anilines is 1. The molecule has 12 heteroatoms. The molecule has 0 radical (unpaired) electrons. The molecule has 2 atom stereocenters. The number of carbonyl (C=O) groups excluding carboxylic acids is 2. The molecule has 2 aliphatic rings. The van der Waals surface area contributed by atoms with Crippen LogP contribution in [0.5, 0.6) is 0 Å². The number of halogens is 3. The predicted molar refractivity (Wildman–Crippen MR) is 155 cm³/mol. The normalized spacial score (nSPS) is 21.5. The van der Waals surface area contributed by atoms with Crippen molar-refractivity contribution in [3.8, 4) is 0 Å². The number of allylic oxidation sites excluding steroid dienone is 2. The fraction of sp³-hybridized carbons (Fsp3) is 0.552. The van der Waals surface area contributed by atoms with Gasteiger partial charge in [0.25, 0.3) is 5.91 Å². The van der Waals surface area contributed by atoms with E-state index in [1.807, 2.05) is 0 Å². The molecule has 1 aliphatic carbocycles. The summed E-state index contributed by atoms with van der Waals surface area (Å²) < 4.78 is 41.7. The van der Waals surface area contributed by atoms with Gasteiger partial charge in [-0.05, 0) is 77.0 Å². The fourth-order valence-corrected chi connectivity index (χ4v) is 5.36. The number of nitrogens with two attached hydrogens (primary N) is 1. The number of rotatable bonds is 9. The minimum absolute atomic E-state index is 0.0999. The Morgan fingerprint density at radius 3 is 2.37 bits per heavy atom. The van der Waals surface area contributed by atoms with Crippen molar-refractivity contribution in [1.82, 2.24) is 20.4 Å². The van der Waals surface area contributed by atoms with E-state index >= 15 is 0 Å². The molecule has 1 aromatic rings. The first-order valence-electron chi connectivity index (χ1n) is 14.1. The van der Waals surface area contributed by atoms with Gasteiger partial charge in [0, 0.05) is 36.9 Å². The van der Waals surface area contributed by atoms with Gasteiger partial charge in [0.2, 0.25) is 5.91 Å². The molecule has 0 spiro atoms. The van der Waals surface area contributed by atoms with Crippen molar-refractivity contribution in [2.24, 2.45) is 16.6 Å². The molecule has 41 heavy (non-hydrogen) atoms. The molecule has 1 saturated carbocycles. The number of nitrogens with zero attached hydrogens (tertiary/aromatic N) is 3.